The molecule has 1 atom stereocenters. The van der Waals surface area contributed by atoms with Crippen molar-refractivity contribution in [3.8, 4) is 0 Å². The third kappa shape index (κ3) is 12.2. The lowest BCUT2D eigenvalue weighted by molar-refractivity contribution is 0.250. The van der Waals surface area contributed by atoms with Crippen LogP contribution in [0.4, 0.5) is 0 Å². The zero-order valence-corrected chi connectivity index (χ0v) is 11.4. The summed E-state index contributed by atoms with van der Waals surface area (Å²) in [6, 6.07) is 0. The molecule has 0 aromatic carbocycles. The summed E-state index contributed by atoms with van der Waals surface area (Å²) in [5, 5.41) is 0. The summed E-state index contributed by atoms with van der Waals surface area (Å²) in [4.78, 5) is 0. The van der Waals surface area contributed by atoms with E-state index >= 15 is 0 Å². The Hall–Kier alpha value is 0.310. The van der Waals surface area contributed by atoms with Crippen molar-refractivity contribution < 1.29 is 4.18 Å². The number of thiol groups is 1. The molecule has 2 heteroatoms. The summed E-state index contributed by atoms with van der Waals surface area (Å²) in [5.41, 5.74) is 0. The minimum Gasteiger partial charge on any atom is -0.316 e. The fourth-order valence-corrected chi connectivity index (χ4v) is 1.90. The third-order valence-corrected chi connectivity index (χ3v) is 3.25. The molecule has 0 aromatic heterocycles. The molecule has 1 unspecified atom stereocenters. The molecule has 1 nitrogen and oxygen atoms in total. The summed E-state index contributed by atoms with van der Waals surface area (Å²) in [6.07, 6.45) is 14.0. The normalized spacial score (nSPS) is 13.0. The van der Waals surface area contributed by atoms with E-state index in [0.29, 0.717) is 6.10 Å². The maximum atomic E-state index is 4.92. The summed E-state index contributed by atoms with van der Waals surface area (Å²) in [7, 11) is 0. The molecule has 0 heterocycles. The van der Waals surface area contributed by atoms with Crippen LogP contribution in [-0.2, 0) is 4.18 Å². The van der Waals surface area contributed by atoms with Crippen LogP contribution in [-0.4, -0.2) is 6.10 Å². The maximum Gasteiger partial charge on any atom is 0.0691 e. The van der Waals surface area contributed by atoms with E-state index in [1.54, 1.807) is 0 Å². The molecular weight excluding hydrogens is 204 g/mol. The molecule has 0 saturated heterocycles. The molecule has 0 saturated carbocycles. The molecule has 15 heavy (non-hydrogen) atoms. The average molecular weight is 232 g/mol. The van der Waals surface area contributed by atoms with Gasteiger partial charge in [0.25, 0.3) is 0 Å². The molecule has 0 N–H and O–H groups in total. The van der Waals surface area contributed by atoms with Crippen LogP contribution in [0, 0.1) is 0 Å². The average Bonchev–Trinajstić information content (AvgIpc) is 2.26. The van der Waals surface area contributed by atoms with E-state index in [9.17, 15) is 0 Å². The van der Waals surface area contributed by atoms with Gasteiger partial charge in [0.15, 0.2) is 0 Å². The van der Waals surface area contributed by atoms with Crippen LogP contribution < -0.4 is 0 Å². The second kappa shape index (κ2) is 12.4. The van der Waals surface area contributed by atoms with Gasteiger partial charge in [-0.25, -0.2) is 0 Å². The van der Waals surface area contributed by atoms with Crippen molar-refractivity contribution >= 4 is 12.9 Å². The highest BCUT2D eigenvalue weighted by atomic mass is 32.1. The first-order valence-electron chi connectivity index (χ1n) is 6.61. The smallest absolute Gasteiger partial charge is 0.0691 e. The van der Waals surface area contributed by atoms with Gasteiger partial charge in [-0.2, -0.15) is 0 Å². The second-order valence-electron chi connectivity index (χ2n) is 4.53. The molecule has 0 radical (unpaired) electrons. The van der Waals surface area contributed by atoms with Gasteiger partial charge >= 0.3 is 0 Å². The van der Waals surface area contributed by atoms with Gasteiger partial charge in [0.05, 0.1) is 6.10 Å². The SMILES string of the molecule is CCCCCCCCCCCC(C)OS. The third-order valence-electron chi connectivity index (χ3n) is 2.89. The van der Waals surface area contributed by atoms with Gasteiger partial charge in [-0.3, -0.25) is 0 Å². The highest BCUT2D eigenvalue weighted by Crippen LogP contribution is 2.12. The first-order chi connectivity index (χ1) is 7.31. The molecule has 0 aliphatic heterocycles. The van der Waals surface area contributed by atoms with E-state index in [1.807, 2.05) is 0 Å². The van der Waals surface area contributed by atoms with Gasteiger partial charge in [-0.05, 0) is 26.3 Å². The topological polar surface area (TPSA) is 9.23 Å². The van der Waals surface area contributed by atoms with Crippen molar-refractivity contribution in [2.75, 3.05) is 0 Å². The second-order valence-corrected chi connectivity index (χ2v) is 4.74. The standard InChI is InChI=1S/C13H28OS/c1-3-4-5-6-7-8-9-10-11-12-13(2)14-15/h13,15H,3-12H2,1-2H3. The molecular formula is C13H28OS. The summed E-state index contributed by atoms with van der Waals surface area (Å²) in [5.74, 6) is 0. The van der Waals surface area contributed by atoms with Gasteiger partial charge in [-0.15, -0.1) is 0 Å². The van der Waals surface area contributed by atoms with Crippen LogP contribution >= 0.6 is 12.9 Å². The van der Waals surface area contributed by atoms with Crippen LogP contribution in [0.15, 0.2) is 0 Å². The molecule has 0 aliphatic rings. The van der Waals surface area contributed by atoms with E-state index < -0.39 is 0 Å². The Kier molecular flexibility index (Phi) is 12.6. The highest BCUT2D eigenvalue weighted by Gasteiger charge is 1.99. The Morgan fingerprint density at radius 3 is 1.80 bits per heavy atom. The molecule has 0 aliphatic carbocycles. The lowest BCUT2D eigenvalue weighted by Gasteiger charge is -2.07. The molecule has 0 spiro atoms. The van der Waals surface area contributed by atoms with Crippen molar-refractivity contribution in [2.45, 2.75) is 84.2 Å². The highest BCUT2D eigenvalue weighted by molar-refractivity contribution is 7.75. The lowest BCUT2D eigenvalue weighted by Crippen LogP contribution is -2.00. The molecule has 92 valence electrons. The van der Waals surface area contributed by atoms with Crippen molar-refractivity contribution in [1.29, 1.82) is 0 Å². The summed E-state index contributed by atoms with van der Waals surface area (Å²) in [6.45, 7) is 4.35. The van der Waals surface area contributed by atoms with Crippen LogP contribution in [0.2, 0.25) is 0 Å². The molecule has 0 aromatic rings. The number of unbranched alkanes of at least 4 members (excludes halogenated alkanes) is 8. The first-order valence-corrected chi connectivity index (χ1v) is 6.98. The Balaban J connectivity index is 2.92. The molecule has 0 rings (SSSR count). The van der Waals surface area contributed by atoms with Crippen molar-refractivity contribution in [1.82, 2.24) is 0 Å². The Bertz CT molecular complexity index is 117. The minimum absolute atomic E-state index is 0.317. The zero-order valence-electron chi connectivity index (χ0n) is 10.5. The van der Waals surface area contributed by atoms with E-state index in [-0.39, 0.29) is 0 Å². The van der Waals surface area contributed by atoms with Crippen LogP contribution in [0.25, 0.3) is 0 Å². The summed E-state index contributed by atoms with van der Waals surface area (Å²) >= 11 is 3.81. The predicted octanol–water partition coefficient (Wildman–Crippen LogP) is 5.16. The zero-order chi connectivity index (χ0) is 11.4. The largest absolute Gasteiger partial charge is 0.316 e. The van der Waals surface area contributed by atoms with Gasteiger partial charge < -0.3 is 4.18 Å². The number of rotatable bonds is 11. The number of hydrogen-bond donors (Lipinski definition) is 1. The fraction of sp³-hybridized carbons (Fsp3) is 1.00. The van der Waals surface area contributed by atoms with Gasteiger partial charge in [0.2, 0.25) is 0 Å². The Morgan fingerprint density at radius 1 is 0.867 bits per heavy atom. The van der Waals surface area contributed by atoms with E-state index in [1.165, 1.54) is 57.8 Å². The quantitative estimate of drug-likeness (QED) is 0.294. The van der Waals surface area contributed by atoms with E-state index in [2.05, 4.69) is 26.8 Å². The van der Waals surface area contributed by atoms with Crippen LogP contribution in [0.3, 0.4) is 0 Å². The first kappa shape index (κ1) is 15.3. The Labute approximate surface area is 102 Å². The van der Waals surface area contributed by atoms with Gasteiger partial charge in [-0.1, -0.05) is 64.7 Å². The molecule has 0 amide bonds. The van der Waals surface area contributed by atoms with Crippen molar-refractivity contribution in [2.24, 2.45) is 0 Å². The van der Waals surface area contributed by atoms with Crippen LogP contribution in [0.5, 0.6) is 0 Å². The lowest BCUT2D eigenvalue weighted by atomic mass is 10.1. The van der Waals surface area contributed by atoms with Crippen molar-refractivity contribution in [3.05, 3.63) is 0 Å². The van der Waals surface area contributed by atoms with E-state index in [4.69, 9.17) is 4.18 Å². The predicted molar refractivity (Wildman–Crippen MR) is 71.4 cm³/mol. The van der Waals surface area contributed by atoms with Gasteiger partial charge in [0, 0.05) is 0 Å². The fourth-order valence-electron chi connectivity index (χ4n) is 1.80. The van der Waals surface area contributed by atoms with Crippen LogP contribution in [0.1, 0.15) is 78.1 Å². The maximum absolute atomic E-state index is 4.92. The van der Waals surface area contributed by atoms with Crippen molar-refractivity contribution in [3.63, 3.8) is 0 Å². The monoisotopic (exact) mass is 232 g/mol. The van der Waals surface area contributed by atoms with E-state index in [0.717, 1.165) is 6.42 Å². The number of hydrogen-bond acceptors (Lipinski definition) is 2. The van der Waals surface area contributed by atoms with Gasteiger partial charge in [0.1, 0.15) is 0 Å². The molecule has 0 fully saturated rings. The summed E-state index contributed by atoms with van der Waals surface area (Å²) < 4.78 is 4.92. The minimum atomic E-state index is 0.317. The Morgan fingerprint density at radius 2 is 1.33 bits per heavy atom. The molecule has 0 bridgehead atoms.